The number of aromatic amines is 1. The topological polar surface area (TPSA) is 71.2 Å². The Morgan fingerprint density at radius 3 is 3.05 bits per heavy atom. The second-order valence-corrected chi connectivity index (χ2v) is 5.28. The average Bonchev–Trinajstić information content (AvgIpc) is 2.84. The summed E-state index contributed by atoms with van der Waals surface area (Å²) in [6, 6.07) is 2.90. The highest BCUT2D eigenvalue weighted by Crippen LogP contribution is 2.26. The molecular weight excluding hydrogens is 244 g/mol. The van der Waals surface area contributed by atoms with Gasteiger partial charge in [0.1, 0.15) is 0 Å². The van der Waals surface area contributed by atoms with Crippen LogP contribution in [0.2, 0.25) is 0 Å². The number of H-pyrrole nitrogens is 1. The summed E-state index contributed by atoms with van der Waals surface area (Å²) in [4.78, 5) is 25.6. The zero-order valence-electron chi connectivity index (χ0n) is 11.3. The lowest BCUT2D eigenvalue weighted by Crippen LogP contribution is -2.35. The number of pyridine rings is 1. The van der Waals surface area contributed by atoms with E-state index in [9.17, 15) is 9.59 Å². The summed E-state index contributed by atoms with van der Waals surface area (Å²) >= 11 is 0. The Kier molecular flexibility index (Phi) is 4.37. The molecule has 0 bridgehead atoms. The third kappa shape index (κ3) is 3.44. The van der Waals surface area contributed by atoms with Gasteiger partial charge in [-0.25, -0.2) is 0 Å². The van der Waals surface area contributed by atoms with Gasteiger partial charge in [-0.05, 0) is 18.4 Å². The first kappa shape index (κ1) is 13.8. The van der Waals surface area contributed by atoms with Crippen LogP contribution in [0, 0.1) is 11.8 Å². The second-order valence-electron chi connectivity index (χ2n) is 5.28. The van der Waals surface area contributed by atoms with E-state index in [1.54, 1.807) is 6.07 Å². The van der Waals surface area contributed by atoms with E-state index < -0.39 is 0 Å². The largest absolute Gasteiger partial charge is 0.378 e. The van der Waals surface area contributed by atoms with Crippen molar-refractivity contribution in [2.24, 2.45) is 11.8 Å². The first-order valence-electron chi connectivity index (χ1n) is 6.66. The van der Waals surface area contributed by atoms with Crippen LogP contribution in [0.4, 0.5) is 0 Å². The molecule has 1 aliphatic heterocycles. The molecule has 1 amide bonds. The van der Waals surface area contributed by atoms with Gasteiger partial charge in [-0.3, -0.25) is 9.59 Å². The fraction of sp³-hybridized carbons (Fsp3) is 0.571. The number of carbonyl (C=O) groups excluding carboxylic acids is 1. The standard InChI is InChI=1S/C14H20N2O3/c1-9(2)13-11(4-6-19-13)8-16-14(18)10-3-5-15-12(17)7-10/h3,5,7,9,11,13H,4,6,8H2,1-2H3,(H,15,17)(H,16,18). The lowest BCUT2D eigenvalue weighted by atomic mass is 9.93. The summed E-state index contributed by atoms with van der Waals surface area (Å²) in [5.41, 5.74) is 0.126. The first-order chi connectivity index (χ1) is 9.08. The summed E-state index contributed by atoms with van der Waals surface area (Å²) in [5.74, 6) is 0.593. The Morgan fingerprint density at radius 2 is 2.37 bits per heavy atom. The van der Waals surface area contributed by atoms with Crippen LogP contribution < -0.4 is 10.9 Å². The van der Waals surface area contributed by atoms with E-state index in [1.165, 1.54) is 12.3 Å². The molecule has 1 fully saturated rings. The zero-order chi connectivity index (χ0) is 13.8. The number of ether oxygens (including phenoxy) is 1. The van der Waals surface area contributed by atoms with Crippen LogP contribution in [0.3, 0.4) is 0 Å². The highest BCUT2D eigenvalue weighted by molar-refractivity contribution is 5.93. The Hall–Kier alpha value is -1.62. The fourth-order valence-electron chi connectivity index (χ4n) is 2.52. The molecule has 0 spiro atoms. The van der Waals surface area contributed by atoms with E-state index in [0.29, 0.717) is 23.9 Å². The number of rotatable bonds is 4. The van der Waals surface area contributed by atoms with E-state index in [-0.39, 0.29) is 17.6 Å². The number of carbonyl (C=O) groups is 1. The van der Waals surface area contributed by atoms with Crippen molar-refractivity contribution in [2.75, 3.05) is 13.2 Å². The molecule has 2 rings (SSSR count). The number of amides is 1. The molecule has 1 aromatic rings. The van der Waals surface area contributed by atoms with Gasteiger partial charge < -0.3 is 15.0 Å². The molecule has 1 aliphatic rings. The Bertz CT molecular complexity index is 495. The fourth-order valence-corrected chi connectivity index (χ4v) is 2.52. The number of aromatic nitrogens is 1. The van der Waals surface area contributed by atoms with Gasteiger partial charge in [0.25, 0.3) is 5.91 Å². The van der Waals surface area contributed by atoms with E-state index in [2.05, 4.69) is 24.1 Å². The van der Waals surface area contributed by atoms with Crippen LogP contribution in [0.25, 0.3) is 0 Å². The van der Waals surface area contributed by atoms with E-state index in [4.69, 9.17) is 4.74 Å². The molecule has 0 aromatic carbocycles. The van der Waals surface area contributed by atoms with Crippen molar-refractivity contribution in [3.63, 3.8) is 0 Å². The van der Waals surface area contributed by atoms with Crippen molar-refractivity contribution in [1.82, 2.24) is 10.3 Å². The second kappa shape index (κ2) is 6.02. The lowest BCUT2D eigenvalue weighted by molar-refractivity contribution is 0.0533. The highest BCUT2D eigenvalue weighted by Gasteiger charge is 2.30. The van der Waals surface area contributed by atoms with Crippen LogP contribution in [0.5, 0.6) is 0 Å². The molecule has 1 saturated heterocycles. The van der Waals surface area contributed by atoms with Crippen LogP contribution >= 0.6 is 0 Å². The zero-order valence-corrected chi connectivity index (χ0v) is 11.3. The van der Waals surface area contributed by atoms with Gasteiger partial charge in [0.05, 0.1) is 6.10 Å². The van der Waals surface area contributed by atoms with Gasteiger partial charge in [-0.1, -0.05) is 13.8 Å². The first-order valence-corrected chi connectivity index (χ1v) is 6.66. The molecule has 2 unspecified atom stereocenters. The van der Waals surface area contributed by atoms with Gasteiger partial charge in [0, 0.05) is 36.9 Å². The maximum Gasteiger partial charge on any atom is 0.251 e. The van der Waals surface area contributed by atoms with Crippen molar-refractivity contribution in [3.8, 4) is 0 Å². The number of hydrogen-bond donors (Lipinski definition) is 2. The van der Waals surface area contributed by atoms with Gasteiger partial charge in [0.2, 0.25) is 5.56 Å². The lowest BCUT2D eigenvalue weighted by Gasteiger charge is -2.22. The van der Waals surface area contributed by atoms with Gasteiger partial charge in [0.15, 0.2) is 0 Å². The average molecular weight is 264 g/mol. The van der Waals surface area contributed by atoms with Crippen molar-refractivity contribution in [3.05, 3.63) is 34.2 Å². The smallest absolute Gasteiger partial charge is 0.251 e. The Labute approximate surface area is 112 Å². The molecule has 2 heterocycles. The SMILES string of the molecule is CC(C)C1OCCC1CNC(=O)c1cc[nH]c(=O)c1. The maximum absolute atomic E-state index is 11.9. The number of nitrogens with one attached hydrogen (secondary N) is 2. The van der Waals surface area contributed by atoms with Crippen LogP contribution in [-0.2, 0) is 4.74 Å². The van der Waals surface area contributed by atoms with E-state index in [1.807, 2.05) is 0 Å². The molecule has 104 valence electrons. The number of hydrogen-bond acceptors (Lipinski definition) is 3. The van der Waals surface area contributed by atoms with Crippen molar-refractivity contribution >= 4 is 5.91 Å². The molecule has 0 saturated carbocycles. The molecule has 1 aromatic heterocycles. The molecule has 2 atom stereocenters. The minimum atomic E-state index is -0.267. The highest BCUT2D eigenvalue weighted by atomic mass is 16.5. The monoisotopic (exact) mass is 264 g/mol. The summed E-state index contributed by atoms with van der Waals surface area (Å²) in [5, 5.41) is 2.88. The van der Waals surface area contributed by atoms with E-state index in [0.717, 1.165) is 13.0 Å². The van der Waals surface area contributed by atoms with Crippen molar-refractivity contribution < 1.29 is 9.53 Å². The third-order valence-electron chi connectivity index (χ3n) is 3.48. The molecule has 0 aliphatic carbocycles. The summed E-state index contributed by atoms with van der Waals surface area (Å²) < 4.78 is 5.68. The minimum absolute atomic E-state index is 0.208. The van der Waals surface area contributed by atoms with Crippen molar-refractivity contribution in [2.45, 2.75) is 26.4 Å². The normalized spacial score (nSPS) is 22.7. The Morgan fingerprint density at radius 1 is 1.58 bits per heavy atom. The van der Waals surface area contributed by atoms with Crippen LogP contribution in [-0.4, -0.2) is 30.1 Å². The summed E-state index contributed by atoms with van der Waals surface area (Å²) in [6.45, 7) is 5.60. The quantitative estimate of drug-likeness (QED) is 0.857. The summed E-state index contributed by atoms with van der Waals surface area (Å²) in [7, 11) is 0. The molecule has 19 heavy (non-hydrogen) atoms. The van der Waals surface area contributed by atoms with Crippen molar-refractivity contribution in [1.29, 1.82) is 0 Å². The predicted octanol–water partition coefficient (Wildman–Crippen LogP) is 1.17. The maximum atomic E-state index is 11.9. The van der Waals surface area contributed by atoms with Gasteiger partial charge in [-0.15, -0.1) is 0 Å². The Balaban J connectivity index is 1.92. The van der Waals surface area contributed by atoms with Crippen LogP contribution in [0.15, 0.2) is 23.1 Å². The molecule has 2 N–H and O–H groups in total. The predicted molar refractivity (Wildman–Crippen MR) is 72.1 cm³/mol. The molecular formula is C14H20N2O3. The van der Waals surface area contributed by atoms with E-state index >= 15 is 0 Å². The van der Waals surface area contributed by atoms with Crippen LogP contribution in [0.1, 0.15) is 30.6 Å². The third-order valence-corrected chi connectivity index (χ3v) is 3.48. The minimum Gasteiger partial charge on any atom is -0.378 e. The summed E-state index contributed by atoms with van der Waals surface area (Å²) in [6.07, 6.45) is 2.66. The molecule has 5 nitrogen and oxygen atoms in total. The van der Waals surface area contributed by atoms with Gasteiger partial charge in [-0.2, -0.15) is 0 Å². The van der Waals surface area contributed by atoms with Gasteiger partial charge >= 0.3 is 0 Å². The molecule has 0 radical (unpaired) electrons. The molecule has 5 heteroatoms.